The van der Waals surface area contributed by atoms with Crippen molar-refractivity contribution in [2.45, 2.75) is 30.8 Å². The highest BCUT2D eigenvalue weighted by atomic mass is 32.2. The molecule has 0 amide bonds. The van der Waals surface area contributed by atoms with Gasteiger partial charge in [0.05, 0.1) is 17.1 Å². The van der Waals surface area contributed by atoms with Gasteiger partial charge in [0.2, 0.25) is 0 Å². The summed E-state index contributed by atoms with van der Waals surface area (Å²) in [5.74, 6) is 1.13. The van der Waals surface area contributed by atoms with Gasteiger partial charge in [0, 0.05) is 0 Å². The van der Waals surface area contributed by atoms with Gasteiger partial charge in [-0.05, 0) is 12.2 Å². The molecule has 0 fully saturated rings. The summed E-state index contributed by atoms with van der Waals surface area (Å²) in [6, 6.07) is 2.10. The van der Waals surface area contributed by atoms with Crippen molar-refractivity contribution in [2.24, 2.45) is 0 Å². The first-order valence-corrected chi connectivity index (χ1v) is 5.04. The molecular weight excluding hydrogens is 162 g/mol. The van der Waals surface area contributed by atoms with Crippen LogP contribution in [0.5, 0.6) is 0 Å². The third kappa shape index (κ3) is 6.31. The molecule has 3 heteroatoms. The molecule has 0 aliphatic carbocycles. The van der Waals surface area contributed by atoms with Gasteiger partial charge in [-0.2, -0.15) is 17.9 Å². The fourth-order valence-electron chi connectivity index (χ4n) is 0.501. The molecule has 1 nitrogen and oxygen atoms in total. The molecule has 0 heterocycles. The molecule has 0 aromatic heterocycles. The smallest absolute Gasteiger partial charge is 0.0642 e. The van der Waals surface area contributed by atoms with Crippen LogP contribution in [0.3, 0.4) is 0 Å². The molecule has 0 aromatic rings. The lowest BCUT2D eigenvalue weighted by Crippen LogP contribution is -1.91. The zero-order valence-corrected chi connectivity index (χ0v) is 7.92. The minimum absolute atomic E-state index is 0.219. The lowest BCUT2D eigenvalue weighted by atomic mass is 10.4. The average molecular weight is 175 g/mol. The lowest BCUT2D eigenvalue weighted by molar-refractivity contribution is 0.895. The topological polar surface area (TPSA) is 23.8 Å². The van der Waals surface area contributed by atoms with Crippen molar-refractivity contribution < 1.29 is 0 Å². The first kappa shape index (κ1) is 10.2. The molecule has 0 radical (unpaired) electrons. The van der Waals surface area contributed by atoms with Gasteiger partial charge in [0.15, 0.2) is 0 Å². The number of rotatable bonds is 5. The van der Waals surface area contributed by atoms with Gasteiger partial charge in [-0.3, -0.25) is 0 Å². The van der Waals surface area contributed by atoms with Gasteiger partial charge in [-0.25, -0.2) is 0 Å². The SMILES string of the molecule is CCCCSC(S)CC#N. The van der Waals surface area contributed by atoms with E-state index in [0.717, 1.165) is 5.75 Å². The zero-order valence-electron chi connectivity index (χ0n) is 6.21. The summed E-state index contributed by atoms with van der Waals surface area (Å²) in [5.41, 5.74) is 0. The van der Waals surface area contributed by atoms with E-state index in [1.165, 1.54) is 12.8 Å². The molecule has 0 rings (SSSR count). The molecule has 0 saturated carbocycles. The van der Waals surface area contributed by atoms with Gasteiger partial charge >= 0.3 is 0 Å². The van der Waals surface area contributed by atoms with E-state index < -0.39 is 0 Å². The molecule has 1 unspecified atom stereocenters. The molecular formula is C7H13NS2. The largest absolute Gasteiger partial charge is 0.198 e. The number of thioether (sulfide) groups is 1. The molecule has 1 atom stereocenters. The molecule has 0 saturated heterocycles. The van der Waals surface area contributed by atoms with Crippen LogP contribution in [0.4, 0.5) is 0 Å². The van der Waals surface area contributed by atoms with Crippen LogP contribution in [0.1, 0.15) is 26.2 Å². The van der Waals surface area contributed by atoms with Crippen LogP contribution in [0.2, 0.25) is 0 Å². The van der Waals surface area contributed by atoms with Gasteiger partial charge in [0.1, 0.15) is 0 Å². The Balaban J connectivity index is 3.06. The van der Waals surface area contributed by atoms with E-state index in [1.807, 2.05) is 0 Å². The van der Waals surface area contributed by atoms with Crippen molar-refractivity contribution in [2.75, 3.05) is 5.75 Å². The zero-order chi connectivity index (χ0) is 7.82. The summed E-state index contributed by atoms with van der Waals surface area (Å²) < 4.78 is 0.219. The van der Waals surface area contributed by atoms with E-state index in [0.29, 0.717) is 6.42 Å². The van der Waals surface area contributed by atoms with Crippen LogP contribution in [0.15, 0.2) is 0 Å². The first-order valence-electron chi connectivity index (χ1n) is 3.48. The van der Waals surface area contributed by atoms with E-state index in [4.69, 9.17) is 5.26 Å². The second-order valence-corrected chi connectivity index (χ2v) is 4.32. The fourth-order valence-corrected chi connectivity index (χ4v) is 1.82. The van der Waals surface area contributed by atoms with Crippen LogP contribution >= 0.6 is 24.4 Å². The highest BCUT2D eigenvalue weighted by Crippen LogP contribution is 2.18. The predicted molar refractivity (Wildman–Crippen MR) is 50.4 cm³/mol. The molecule has 0 aliphatic heterocycles. The molecule has 0 spiro atoms. The van der Waals surface area contributed by atoms with E-state index >= 15 is 0 Å². The van der Waals surface area contributed by atoms with E-state index in [2.05, 4.69) is 25.6 Å². The second-order valence-electron chi connectivity index (χ2n) is 2.04. The van der Waals surface area contributed by atoms with Gasteiger partial charge < -0.3 is 0 Å². The minimum Gasteiger partial charge on any atom is -0.198 e. The molecule has 0 bridgehead atoms. The van der Waals surface area contributed by atoms with Crippen LogP contribution in [-0.4, -0.2) is 10.3 Å². The maximum absolute atomic E-state index is 8.28. The first-order chi connectivity index (χ1) is 4.81. The fraction of sp³-hybridized carbons (Fsp3) is 0.857. The molecule has 58 valence electrons. The maximum Gasteiger partial charge on any atom is 0.0642 e. The van der Waals surface area contributed by atoms with Gasteiger partial charge in [-0.15, -0.1) is 11.8 Å². The van der Waals surface area contributed by atoms with Crippen molar-refractivity contribution in [3.8, 4) is 6.07 Å². The third-order valence-corrected chi connectivity index (χ3v) is 2.78. The standard InChI is InChI=1S/C7H13NS2/c1-2-3-6-10-7(9)4-5-8/h7,9H,2-4,6H2,1H3. The average Bonchev–Trinajstić information content (AvgIpc) is 1.89. The Morgan fingerprint density at radius 3 is 2.90 bits per heavy atom. The highest BCUT2D eigenvalue weighted by Gasteiger charge is 2.00. The van der Waals surface area contributed by atoms with Crippen LogP contribution in [-0.2, 0) is 0 Å². The Morgan fingerprint density at radius 1 is 1.70 bits per heavy atom. The lowest BCUT2D eigenvalue weighted by Gasteiger charge is -2.03. The Morgan fingerprint density at radius 2 is 2.40 bits per heavy atom. The normalized spacial score (nSPS) is 12.5. The van der Waals surface area contributed by atoms with Crippen molar-refractivity contribution in [1.29, 1.82) is 5.26 Å². The quantitative estimate of drug-likeness (QED) is 0.394. The number of unbranched alkanes of at least 4 members (excludes halogenated alkanes) is 1. The van der Waals surface area contributed by atoms with Gasteiger partial charge in [-0.1, -0.05) is 13.3 Å². The van der Waals surface area contributed by atoms with E-state index in [9.17, 15) is 0 Å². The Hall–Kier alpha value is 0.190. The third-order valence-electron chi connectivity index (χ3n) is 1.07. The molecule has 0 N–H and O–H groups in total. The maximum atomic E-state index is 8.28. The van der Waals surface area contributed by atoms with Crippen LogP contribution < -0.4 is 0 Å². The number of hydrogen-bond acceptors (Lipinski definition) is 3. The Bertz CT molecular complexity index is 109. The van der Waals surface area contributed by atoms with Crippen LogP contribution in [0, 0.1) is 11.3 Å². The van der Waals surface area contributed by atoms with E-state index in [1.54, 1.807) is 11.8 Å². The Labute approximate surface area is 72.6 Å². The second kappa shape index (κ2) is 7.30. The van der Waals surface area contributed by atoms with Crippen molar-refractivity contribution in [3.63, 3.8) is 0 Å². The predicted octanol–water partition coefficient (Wildman–Crippen LogP) is 2.69. The van der Waals surface area contributed by atoms with Crippen molar-refractivity contribution in [1.82, 2.24) is 0 Å². The highest BCUT2D eigenvalue weighted by molar-refractivity contribution is 8.10. The number of nitrogens with zero attached hydrogens (tertiary/aromatic N) is 1. The molecule has 10 heavy (non-hydrogen) atoms. The number of nitriles is 1. The summed E-state index contributed by atoms with van der Waals surface area (Å²) in [7, 11) is 0. The number of hydrogen-bond donors (Lipinski definition) is 1. The van der Waals surface area contributed by atoms with Gasteiger partial charge in [0.25, 0.3) is 0 Å². The number of thiol groups is 1. The summed E-state index contributed by atoms with van der Waals surface area (Å²) in [6.45, 7) is 2.17. The summed E-state index contributed by atoms with van der Waals surface area (Å²) in [5, 5.41) is 8.28. The van der Waals surface area contributed by atoms with Crippen LogP contribution in [0.25, 0.3) is 0 Å². The summed E-state index contributed by atoms with van der Waals surface area (Å²) in [4.78, 5) is 0. The van der Waals surface area contributed by atoms with Crippen molar-refractivity contribution in [3.05, 3.63) is 0 Å². The van der Waals surface area contributed by atoms with Crippen molar-refractivity contribution >= 4 is 24.4 Å². The summed E-state index contributed by atoms with van der Waals surface area (Å²) >= 11 is 5.99. The molecule has 0 aliphatic rings. The van der Waals surface area contributed by atoms with E-state index in [-0.39, 0.29) is 4.58 Å². The summed E-state index contributed by atoms with van der Waals surface area (Å²) in [6.07, 6.45) is 3.00. The Kier molecular flexibility index (Phi) is 7.44. The molecule has 0 aromatic carbocycles. The monoisotopic (exact) mass is 175 g/mol. The minimum atomic E-state index is 0.219.